The number of halogens is 2. The molecule has 2 aliphatic heterocycles. The summed E-state index contributed by atoms with van der Waals surface area (Å²) in [5.74, 6) is 2.20. The quantitative estimate of drug-likeness (QED) is 0.347. The zero-order valence-corrected chi connectivity index (χ0v) is 19.9. The predicted octanol–water partition coefficient (Wildman–Crippen LogP) is 6.67. The van der Waals surface area contributed by atoms with Gasteiger partial charge in [-0.05, 0) is 54.5 Å². The van der Waals surface area contributed by atoms with Crippen LogP contribution in [0.25, 0.3) is 11.3 Å². The minimum atomic E-state index is 0.252. The number of anilines is 1. The van der Waals surface area contributed by atoms with Crippen molar-refractivity contribution in [3.63, 3.8) is 0 Å². The number of nitrogens with zero attached hydrogens (tertiary/aromatic N) is 3. The summed E-state index contributed by atoms with van der Waals surface area (Å²) in [6.45, 7) is 2.53. The molecule has 2 aromatic carbocycles. The van der Waals surface area contributed by atoms with Crippen LogP contribution in [0, 0.1) is 0 Å². The van der Waals surface area contributed by atoms with Gasteiger partial charge in [-0.2, -0.15) is 0 Å². The summed E-state index contributed by atoms with van der Waals surface area (Å²) >= 11 is 12.4. The van der Waals surface area contributed by atoms with Crippen LogP contribution in [0.1, 0.15) is 12.0 Å². The number of benzene rings is 2. The van der Waals surface area contributed by atoms with E-state index < -0.39 is 0 Å². The molecule has 0 amide bonds. The fourth-order valence-electron chi connectivity index (χ4n) is 3.87. The summed E-state index contributed by atoms with van der Waals surface area (Å²) in [4.78, 5) is 4.34. The van der Waals surface area contributed by atoms with Crippen molar-refractivity contribution >= 4 is 29.1 Å². The van der Waals surface area contributed by atoms with Crippen molar-refractivity contribution in [3.8, 4) is 22.8 Å². The van der Waals surface area contributed by atoms with Gasteiger partial charge in [0.05, 0.1) is 0 Å². The SMILES string of the molecule is Clc1cc(Cl)cc(-c2cc(N(CCCN3C=CC=CC=C3)Cc3ccc4c(c3)OCO4)on2)c1. The smallest absolute Gasteiger partial charge is 0.231 e. The van der Waals surface area contributed by atoms with Crippen LogP contribution < -0.4 is 14.4 Å². The van der Waals surface area contributed by atoms with Gasteiger partial charge in [-0.1, -0.05) is 46.6 Å². The van der Waals surface area contributed by atoms with E-state index in [1.54, 1.807) is 6.07 Å². The first-order valence-electron chi connectivity index (χ1n) is 11.0. The molecule has 0 aliphatic carbocycles. The molecule has 5 rings (SSSR count). The van der Waals surface area contributed by atoms with Gasteiger partial charge in [0.2, 0.25) is 12.7 Å². The van der Waals surface area contributed by atoms with Crippen molar-refractivity contribution in [2.75, 3.05) is 24.8 Å². The summed E-state index contributed by atoms with van der Waals surface area (Å²) in [6, 6.07) is 13.3. The highest BCUT2D eigenvalue weighted by Crippen LogP contribution is 2.34. The lowest BCUT2D eigenvalue weighted by atomic mass is 10.1. The van der Waals surface area contributed by atoms with E-state index in [4.69, 9.17) is 37.2 Å². The number of rotatable bonds is 8. The van der Waals surface area contributed by atoms with E-state index in [0.717, 1.165) is 42.1 Å². The van der Waals surface area contributed by atoms with Crippen LogP contribution in [0.15, 0.2) is 83.7 Å². The van der Waals surface area contributed by atoms with Crippen LogP contribution >= 0.6 is 23.2 Å². The third-order valence-corrected chi connectivity index (χ3v) is 5.95. The van der Waals surface area contributed by atoms with Gasteiger partial charge in [-0.25, -0.2) is 0 Å². The highest BCUT2D eigenvalue weighted by atomic mass is 35.5. The molecule has 0 spiro atoms. The lowest BCUT2D eigenvalue weighted by molar-refractivity contribution is 0.174. The average Bonchev–Trinajstić information content (AvgIpc) is 3.42. The summed E-state index contributed by atoms with van der Waals surface area (Å²) in [5.41, 5.74) is 2.58. The second-order valence-electron chi connectivity index (χ2n) is 7.98. The van der Waals surface area contributed by atoms with E-state index in [1.807, 2.05) is 60.7 Å². The number of fused-ring (bicyclic) bond motifs is 1. The first-order valence-corrected chi connectivity index (χ1v) is 11.7. The highest BCUT2D eigenvalue weighted by molar-refractivity contribution is 6.35. The first kappa shape index (κ1) is 22.4. The van der Waals surface area contributed by atoms with E-state index in [1.165, 1.54) is 0 Å². The van der Waals surface area contributed by atoms with E-state index >= 15 is 0 Å². The monoisotopic (exact) mass is 495 g/mol. The summed E-state index contributed by atoms with van der Waals surface area (Å²) in [7, 11) is 0. The van der Waals surface area contributed by atoms with Gasteiger partial charge < -0.3 is 23.8 Å². The molecule has 0 N–H and O–H groups in total. The van der Waals surface area contributed by atoms with Gasteiger partial charge in [-0.15, -0.1) is 0 Å². The third kappa shape index (κ3) is 5.41. The van der Waals surface area contributed by atoms with Crippen LogP contribution in [0.2, 0.25) is 10.0 Å². The average molecular weight is 496 g/mol. The molecule has 0 fully saturated rings. The minimum Gasteiger partial charge on any atom is -0.454 e. The van der Waals surface area contributed by atoms with Crippen LogP contribution in [0.4, 0.5) is 5.88 Å². The molecule has 0 saturated heterocycles. The zero-order valence-electron chi connectivity index (χ0n) is 18.4. The van der Waals surface area contributed by atoms with Crippen LogP contribution in [-0.4, -0.2) is 29.9 Å². The minimum absolute atomic E-state index is 0.252. The molecule has 8 heteroatoms. The molecule has 0 bridgehead atoms. The first-order chi connectivity index (χ1) is 16.6. The van der Waals surface area contributed by atoms with Gasteiger partial charge in [0.25, 0.3) is 0 Å². The summed E-state index contributed by atoms with van der Waals surface area (Å²) < 4.78 is 16.8. The topological polar surface area (TPSA) is 51.0 Å². The van der Waals surface area contributed by atoms with Gasteiger partial charge in [-0.3, -0.25) is 0 Å². The maximum Gasteiger partial charge on any atom is 0.231 e. The van der Waals surface area contributed by atoms with Crippen molar-refractivity contribution in [2.24, 2.45) is 0 Å². The molecule has 1 aromatic heterocycles. The molecule has 0 unspecified atom stereocenters. The van der Waals surface area contributed by atoms with Crippen LogP contribution in [-0.2, 0) is 6.54 Å². The Morgan fingerprint density at radius 1 is 0.882 bits per heavy atom. The molecule has 34 heavy (non-hydrogen) atoms. The molecule has 2 aliphatic rings. The maximum absolute atomic E-state index is 6.18. The van der Waals surface area contributed by atoms with E-state index in [2.05, 4.69) is 27.4 Å². The lowest BCUT2D eigenvalue weighted by Gasteiger charge is -2.23. The van der Waals surface area contributed by atoms with Crippen molar-refractivity contribution < 1.29 is 14.0 Å². The Bertz CT molecular complexity index is 1220. The summed E-state index contributed by atoms with van der Waals surface area (Å²) in [6.07, 6.45) is 13.1. The lowest BCUT2D eigenvalue weighted by Crippen LogP contribution is -2.26. The Balaban J connectivity index is 1.35. The molecular formula is C26H23Cl2N3O3. The second kappa shape index (κ2) is 10.3. The van der Waals surface area contributed by atoms with Gasteiger partial charge in [0, 0.05) is 53.7 Å². The molecule has 3 aromatic rings. The van der Waals surface area contributed by atoms with Crippen molar-refractivity contribution in [1.82, 2.24) is 10.1 Å². The number of ether oxygens (including phenoxy) is 2. The van der Waals surface area contributed by atoms with E-state index in [9.17, 15) is 0 Å². The fraction of sp³-hybridized carbons (Fsp3) is 0.192. The molecular weight excluding hydrogens is 473 g/mol. The van der Waals surface area contributed by atoms with Crippen molar-refractivity contribution in [3.05, 3.63) is 94.8 Å². The molecule has 3 heterocycles. The van der Waals surface area contributed by atoms with E-state index in [-0.39, 0.29) is 6.79 Å². The second-order valence-corrected chi connectivity index (χ2v) is 8.85. The third-order valence-electron chi connectivity index (χ3n) is 5.51. The van der Waals surface area contributed by atoms with Crippen LogP contribution in [0.3, 0.4) is 0 Å². The highest BCUT2D eigenvalue weighted by Gasteiger charge is 2.18. The Labute approximate surface area is 208 Å². The Morgan fingerprint density at radius 2 is 1.65 bits per heavy atom. The Morgan fingerprint density at radius 3 is 2.44 bits per heavy atom. The Kier molecular flexibility index (Phi) is 6.79. The van der Waals surface area contributed by atoms with Gasteiger partial charge >= 0.3 is 0 Å². The van der Waals surface area contributed by atoms with Gasteiger partial charge in [0.15, 0.2) is 11.5 Å². The van der Waals surface area contributed by atoms with Gasteiger partial charge in [0.1, 0.15) is 5.69 Å². The molecule has 174 valence electrons. The molecule has 0 atom stereocenters. The largest absolute Gasteiger partial charge is 0.454 e. The number of hydrogen-bond acceptors (Lipinski definition) is 6. The van der Waals surface area contributed by atoms with E-state index in [0.29, 0.717) is 28.2 Å². The van der Waals surface area contributed by atoms with Crippen molar-refractivity contribution in [2.45, 2.75) is 13.0 Å². The zero-order chi connectivity index (χ0) is 23.3. The number of allylic oxidation sites excluding steroid dienone is 4. The van der Waals surface area contributed by atoms with Crippen LogP contribution in [0.5, 0.6) is 11.5 Å². The number of hydrogen-bond donors (Lipinski definition) is 0. The Hall–Kier alpha value is -3.35. The predicted molar refractivity (Wildman–Crippen MR) is 134 cm³/mol. The maximum atomic E-state index is 6.18. The molecule has 6 nitrogen and oxygen atoms in total. The standard InChI is InChI=1S/C26H23Cl2N3O3/c27-21-13-20(14-22(28)15-21)23-16-26(34-29-23)31(11-5-10-30-8-3-1-2-4-9-30)17-19-6-7-24-25(12-19)33-18-32-24/h1-4,6-9,12-16H,5,10-11,17-18H2. The molecule has 0 saturated carbocycles. The normalized spacial score (nSPS) is 14.0. The number of aromatic nitrogens is 1. The fourth-order valence-corrected chi connectivity index (χ4v) is 4.40. The summed E-state index contributed by atoms with van der Waals surface area (Å²) in [5, 5.41) is 5.39. The molecule has 0 radical (unpaired) electrons. The van der Waals surface area contributed by atoms with Crippen molar-refractivity contribution in [1.29, 1.82) is 0 Å².